The number of nitrogens with zero attached hydrogens (tertiary/aromatic N) is 3. The Morgan fingerprint density at radius 1 is 1.22 bits per heavy atom. The lowest BCUT2D eigenvalue weighted by Gasteiger charge is -2.07. The highest BCUT2D eigenvalue weighted by Crippen LogP contribution is 2.16. The zero-order valence-corrected chi connectivity index (χ0v) is 18.1. The van der Waals surface area contributed by atoms with Crippen molar-refractivity contribution in [1.82, 2.24) is 14.6 Å². The minimum Gasteiger partial charge on any atom is -0.459 e. The first-order valence-corrected chi connectivity index (χ1v) is 10.9. The summed E-state index contributed by atoms with van der Waals surface area (Å²) in [6, 6.07) is 10.8. The molecule has 0 saturated carbocycles. The number of benzene rings is 1. The van der Waals surface area contributed by atoms with Gasteiger partial charge < -0.3 is 14.5 Å². The number of rotatable bonds is 8. The second-order valence-corrected chi connectivity index (χ2v) is 8.01. The van der Waals surface area contributed by atoms with E-state index in [0.717, 1.165) is 24.3 Å². The molecule has 10 heteroatoms. The molecule has 0 saturated heterocycles. The number of fused-ring (bicyclic) bond motifs is 1. The number of carbonyl (C=O) groups is 2. The fourth-order valence-electron chi connectivity index (χ4n) is 2.95. The Bertz CT molecular complexity index is 1310. The Hall–Kier alpha value is -3.79. The summed E-state index contributed by atoms with van der Waals surface area (Å²) in [5, 5.41) is 7.80. The van der Waals surface area contributed by atoms with Gasteiger partial charge in [-0.15, -0.1) is 0 Å². The number of aryl methyl sites for hydroxylation is 1. The van der Waals surface area contributed by atoms with Crippen molar-refractivity contribution in [2.75, 3.05) is 5.32 Å². The largest absolute Gasteiger partial charge is 0.459 e. The monoisotopic (exact) mass is 452 g/mol. The number of amides is 1. The number of aromatic nitrogens is 3. The van der Waals surface area contributed by atoms with Gasteiger partial charge in [0.05, 0.1) is 17.5 Å². The van der Waals surface area contributed by atoms with Gasteiger partial charge in [0.25, 0.3) is 11.5 Å². The van der Waals surface area contributed by atoms with Crippen molar-refractivity contribution >= 4 is 33.9 Å². The van der Waals surface area contributed by atoms with Crippen molar-refractivity contribution in [3.05, 3.63) is 81.1 Å². The molecule has 164 valence electrons. The van der Waals surface area contributed by atoms with Gasteiger partial charge in [0.1, 0.15) is 11.6 Å². The van der Waals surface area contributed by atoms with Gasteiger partial charge in [0.15, 0.2) is 5.76 Å². The quantitative estimate of drug-likeness (QED) is 0.405. The summed E-state index contributed by atoms with van der Waals surface area (Å²) in [4.78, 5) is 41.8. The van der Waals surface area contributed by atoms with Gasteiger partial charge in [0, 0.05) is 18.2 Å². The number of hydrogen-bond acceptors (Lipinski definition) is 8. The van der Waals surface area contributed by atoms with E-state index in [1.165, 1.54) is 40.3 Å². The minimum absolute atomic E-state index is 0.157. The van der Waals surface area contributed by atoms with Crippen LogP contribution in [0.25, 0.3) is 4.96 Å². The molecule has 0 unspecified atom stereocenters. The van der Waals surface area contributed by atoms with E-state index in [-0.39, 0.29) is 23.5 Å². The standard InChI is InChI=1S/C22H20N4O5S/c1-2-3-9-18-25-26-19(27)12-16(24-22(26)32-18)13-31-21(29)14-6-4-7-15(11-14)23-20(28)17-8-5-10-30-17/h4-8,10-12H,2-3,9,13H2,1H3,(H,23,28). The highest BCUT2D eigenvalue weighted by atomic mass is 32.1. The molecule has 1 amide bonds. The van der Waals surface area contributed by atoms with Crippen LogP contribution in [0.3, 0.4) is 0 Å². The van der Waals surface area contributed by atoms with Gasteiger partial charge in [-0.3, -0.25) is 9.59 Å². The molecule has 32 heavy (non-hydrogen) atoms. The van der Waals surface area contributed by atoms with E-state index in [2.05, 4.69) is 22.3 Å². The van der Waals surface area contributed by atoms with E-state index >= 15 is 0 Å². The lowest BCUT2D eigenvalue weighted by molar-refractivity contribution is 0.0467. The highest BCUT2D eigenvalue weighted by Gasteiger charge is 2.14. The number of esters is 1. The van der Waals surface area contributed by atoms with Crippen molar-refractivity contribution in [2.45, 2.75) is 32.8 Å². The molecule has 0 atom stereocenters. The smallest absolute Gasteiger partial charge is 0.338 e. The summed E-state index contributed by atoms with van der Waals surface area (Å²) < 4.78 is 11.6. The maximum absolute atomic E-state index is 12.5. The molecule has 4 aromatic rings. The maximum Gasteiger partial charge on any atom is 0.338 e. The van der Waals surface area contributed by atoms with Crippen molar-refractivity contribution in [2.24, 2.45) is 0 Å². The van der Waals surface area contributed by atoms with E-state index in [1.807, 2.05) is 0 Å². The van der Waals surface area contributed by atoms with Crippen LogP contribution in [0.5, 0.6) is 0 Å². The lowest BCUT2D eigenvalue weighted by Crippen LogP contribution is -2.17. The van der Waals surface area contributed by atoms with Crippen molar-refractivity contribution in [1.29, 1.82) is 0 Å². The van der Waals surface area contributed by atoms with Gasteiger partial charge in [-0.05, 0) is 36.8 Å². The van der Waals surface area contributed by atoms with Gasteiger partial charge in [-0.2, -0.15) is 9.61 Å². The van der Waals surface area contributed by atoms with Crippen LogP contribution in [0, 0.1) is 0 Å². The average molecular weight is 452 g/mol. The van der Waals surface area contributed by atoms with Crippen molar-refractivity contribution in [3.63, 3.8) is 0 Å². The molecule has 0 aliphatic carbocycles. The average Bonchev–Trinajstić information content (AvgIpc) is 3.46. The number of anilines is 1. The summed E-state index contributed by atoms with van der Waals surface area (Å²) in [5.41, 5.74) is 0.696. The zero-order valence-electron chi connectivity index (χ0n) is 17.2. The van der Waals surface area contributed by atoms with Crippen LogP contribution in [0.15, 0.2) is 57.9 Å². The molecule has 0 radical (unpaired) electrons. The normalized spacial score (nSPS) is 10.9. The lowest BCUT2D eigenvalue weighted by atomic mass is 10.2. The number of furan rings is 1. The molecule has 0 aliphatic heterocycles. The Morgan fingerprint density at radius 3 is 2.88 bits per heavy atom. The topological polar surface area (TPSA) is 116 Å². The summed E-state index contributed by atoms with van der Waals surface area (Å²) >= 11 is 1.36. The number of ether oxygens (including phenoxy) is 1. The molecular weight excluding hydrogens is 432 g/mol. The number of hydrogen-bond donors (Lipinski definition) is 1. The predicted molar refractivity (Wildman–Crippen MR) is 118 cm³/mol. The highest BCUT2D eigenvalue weighted by molar-refractivity contribution is 7.16. The van der Waals surface area contributed by atoms with E-state index in [4.69, 9.17) is 9.15 Å². The molecule has 4 rings (SSSR count). The molecule has 1 N–H and O–H groups in total. The predicted octanol–water partition coefficient (Wildman–Crippen LogP) is 3.70. The fraction of sp³-hybridized carbons (Fsp3) is 0.227. The number of nitrogens with one attached hydrogen (secondary N) is 1. The van der Waals surface area contributed by atoms with Crippen LogP contribution in [0.4, 0.5) is 5.69 Å². The van der Waals surface area contributed by atoms with E-state index in [1.54, 1.807) is 24.3 Å². The third-order valence-electron chi connectivity index (χ3n) is 4.54. The van der Waals surface area contributed by atoms with Gasteiger partial charge in [-0.1, -0.05) is 30.7 Å². The molecular formula is C22H20N4O5S. The SMILES string of the molecule is CCCCc1nn2c(=O)cc(COC(=O)c3cccc(NC(=O)c4ccco4)c3)nc2s1. The molecule has 9 nitrogen and oxygen atoms in total. The Labute approximate surface area is 186 Å². The zero-order chi connectivity index (χ0) is 22.5. The Morgan fingerprint density at radius 2 is 2.09 bits per heavy atom. The summed E-state index contributed by atoms with van der Waals surface area (Å²) in [5.74, 6) is -0.873. The van der Waals surface area contributed by atoms with E-state index < -0.39 is 11.9 Å². The van der Waals surface area contributed by atoms with Gasteiger partial charge in [0.2, 0.25) is 4.96 Å². The van der Waals surface area contributed by atoms with Crippen LogP contribution in [0.2, 0.25) is 0 Å². The molecule has 0 aliphatic rings. The second kappa shape index (κ2) is 9.56. The van der Waals surface area contributed by atoms with E-state index in [0.29, 0.717) is 16.3 Å². The van der Waals surface area contributed by atoms with Crippen LogP contribution in [-0.4, -0.2) is 26.5 Å². The summed E-state index contributed by atoms with van der Waals surface area (Å²) in [6.07, 6.45) is 4.21. The first-order valence-electron chi connectivity index (χ1n) is 10.0. The van der Waals surface area contributed by atoms with Gasteiger partial charge in [-0.25, -0.2) is 9.78 Å². The third-order valence-corrected chi connectivity index (χ3v) is 5.50. The third kappa shape index (κ3) is 4.92. The fourth-order valence-corrected chi connectivity index (χ4v) is 3.91. The first kappa shape index (κ1) is 21.4. The molecule has 3 aromatic heterocycles. The molecule has 0 spiro atoms. The summed E-state index contributed by atoms with van der Waals surface area (Å²) in [7, 11) is 0. The van der Waals surface area contributed by atoms with Crippen LogP contribution in [0.1, 0.15) is 51.4 Å². The van der Waals surface area contributed by atoms with Crippen LogP contribution in [-0.2, 0) is 17.8 Å². The number of carbonyl (C=O) groups excluding carboxylic acids is 2. The van der Waals surface area contributed by atoms with E-state index in [9.17, 15) is 14.4 Å². The summed E-state index contributed by atoms with van der Waals surface area (Å²) in [6.45, 7) is 1.93. The van der Waals surface area contributed by atoms with Crippen LogP contribution < -0.4 is 10.9 Å². The molecule has 0 fully saturated rings. The first-order chi connectivity index (χ1) is 15.5. The Kier molecular flexibility index (Phi) is 6.41. The maximum atomic E-state index is 12.5. The molecule has 0 bridgehead atoms. The molecule has 3 heterocycles. The number of unbranched alkanes of at least 4 members (excludes halogenated alkanes) is 1. The minimum atomic E-state index is -0.603. The second-order valence-electron chi connectivity index (χ2n) is 6.97. The van der Waals surface area contributed by atoms with Gasteiger partial charge >= 0.3 is 5.97 Å². The molecule has 1 aromatic carbocycles. The van der Waals surface area contributed by atoms with Crippen molar-refractivity contribution < 1.29 is 18.7 Å². The van der Waals surface area contributed by atoms with Crippen LogP contribution >= 0.6 is 11.3 Å². The van der Waals surface area contributed by atoms with Crippen molar-refractivity contribution in [3.8, 4) is 0 Å². The Balaban J connectivity index is 1.42.